The van der Waals surface area contributed by atoms with Crippen LogP contribution in [0.2, 0.25) is 0 Å². The van der Waals surface area contributed by atoms with E-state index >= 15 is 0 Å². The number of nitrogens with two attached hydrogens (primary N) is 1. The van der Waals surface area contributed by atoms with Crippen molar-refractivity contribution in [1.82, 2.24) is 4.98 Å². The highest BCUT2D eigenvalue weighted by molar-refractivity contribution is 5.18. The lowest BCUT2D eigenvalue weighted by molar-refractivity contribution is 0.295. The standard InChI is InChI=1S/C9H14N2O/c1-7(10)6-12-9-4-3-8(2)11-5-9/h3-5,7H,6,10H2,1-2H3. The minimum atomic E-state index is 0.0614. The third-order valence-corrected chi connectivity index (χ3v) is 1.40. The smallest absolute Gasteiger partial charge is 0.137 e. The number of nitrogens with zero attached hydrogens (tertiary/aromatic N) is 1. The summed E-state index contributed by atoms with van der Waals surface area (Å²) >= 11 is 0. The maximum Gasteiger partial charge on any atom is 0.137 e. The molecule has 66 valence electrons. The number of pyridine rings is 1. The van der Waals surface area contributed by atoms with E-state index in [1.165, 1.54) is 0 Å². The molecule has 0 radical (unpaired) electrons. The molecule has 0 amide bonds. The molecule has 0 fully saturated rings. The van der Waals surface area contributed by atoms with Gasteiger partial charge in [-0.25, -0.2) is 0 Å². The Hall–Kier alpha value is -1.09. The van der Waals surface area contributed by atoms with E-state index in [-0.39, 0.29) is 6.04 Å². The Kier molecular flexibility index (Phi) is 3.05. The van der Waals surface area contributed by atoms with E-state index in [0.29, 0.717) is 6.61 Å². The summed E-state index contributed by atoms with van der Waals surface area (Å²) in [6, 6.07) is 3.87. The molecule has 1 atom stereocenters. The summed E-state index contributed by atoms with van der Waals surface area (Å²) < 4.78 is 5.33. The Morgan fingerprint density at radius 2 is 2.33 bits per heavy atom. The van der Waals surface area contributed by atoms with Gasteiger partial charge in [-0.2, -0.15) is 0 Å². The first-order valence-electron chi connectivity index (χ1n) is 3.99. The summed E-state index contributed by atoms with van der Waals surface area (Å²) in [4.78, 5) is 4.09. The number of hydrogen-bond acceptors (Lipinski definition) is 3. The van der Waals surface area contributed by atoms with Gasteiger partial charge in [-0.1, -0.05) is 0 Å². The topological polar surface area (TPSA) is 48.1 Å². The minimum Gasteiger partial charge on any atom is -0.490 e. The Morgan fingerprint density at radius 1 is 1.58 bits per heavy atom. The van der Waals surface area contributed by atoms with Crippen LogP contribution in [-0.4, -0.2) is 17.6 Å². The zero-order valence-electron chi connectivity index (χ0n) is 7.45. The molecule has 12 heavy (non-hydrogen) atoms. The van der Waals surface area contributed by atoms with E-state index in [0.717, 1.165) is 11.4 Å². The van der Waals surface area contributed by atoms with Gasteiger partial charge in [0.2, 0.25) is 0 Å². The molecule has 0 aliphatic rings. The molecule has 3 heteroatoms. The van der Waals surface area contributed by atoms with Gasteiger partial charge >= 0.3 is 0 Å². The van der Waals surface area contributed by atoms with Crippen molar-refractivity contribution in [1.29, 1.82) is 0 Å². The monoisotopic (exact) mass is 166 g/mol. The summed E-state index contributed by atoms with van der Waals surface area (Å²) in [7, 11) is 0. The molecule has 1 unspecified atom stereocenters. The number of ether oxygens (including phenoxy) is 1. The molecular weight excluding hydrogens is 152 g/mol. The van der Waals surface area contributed by atoms with Crippen LogP contribution in [0.1, 0.15) is 12.6 Å². The van der Waals surface area contributed by atoms with Gasteiger partial charge in [0, 0.05) is 11.7 Å². The number of aryl methyl sites for hydroxylation is 1. The van der Waals surface area contributed by atoms with Crippen molar-refractivity contribution < 1.29 is 4.74 Å². The molecule has 0 bridgehead atoms. The summed E-state index contributed by atoms with van der Waals surface area (Å²) in [5.74, 6) is 0.776. The van der Waals surface area contributed by atoms with Gasteiger partial charge in [0.25, 0.3) is 0 Å². The third kappa shape index (κ3) is 2.88. The van der Waals surface area contributed by atoms with Crippen molar-refractivity contribution >= 4 is 0 Å². The van der Waals surface area contributed by atoms with E-state index < -0.39 is 0 Å². The fraction of sp³-hybridized carbons (Fsp3) is 0.444. The molecule has 0 aromatic carbocycles. The van der Waals surface area contributed by atoms with Gasteiger partial charge in [-0.15, -0.1) is 0 Å². The van der Waals surface area contributed by atoms with Crippen molar-refractivity contribution in [3.8, 4) is 5.75 Å². The molecule has 1 rings (SSSR count). The predicted octanol–water partition coefficient (Wildman–Crippen LogP) is 1.12. The Morgan fingerprint density at radius 3 is 2.83 bits per heavy atom. The Bertz CT molecular complexity index is 231. The number of rotatable bonds is 3. The summed E-state index contributed by atoms with van der Waals surface area (Å²) in [6.07, 6.45) is 1.71. The highest BCUT2D eigenvalue weighted by Gasteiger charge is 1.96. The second-order valence-electron chi connectivity index (χ2n) is 2.92. The van der Waals surface area contributed by atoms with Crippen LogP contribution in [0.4, 0.5) is 0 Å². The van der Waals surface area contributed by atoms with Crippen LogP contribution >= 0.6 is 0 Å². The third-order valence-electron chi connectivity index (χ3n) is 1.40. The molecule has 3 nitrogen and oxygen atoms in total. The maximum atomic E-state index is 5.52. The fourth-order valence-corrected chi connectivity index (χ4v) is 0.767. The second-order valence-corrected chi connectivity index (χ2v) is 2.92. The molecule has 0 spiro atoms. The van der Waals surface area contributed by atoms with E-state index in [2.05, 4.69) is 4.98 Å². The first-order chi connectivity index (χ1) is 5.68. The van der Waals surface area contributed by atoms with E-state index in [1.54, 1.807) is 6.20 Å². The van der Waals surface area contributed by atoms with E-state index in [4.69, 9.17) is 10.5 Å². The number of hydrogen-bond donors (Lipinski definition) is 1. The number of aromatic nitrogens is 1. The molecular formula is C9H14N2O. The average molecular weight is 166 g/mol. The highest BCUT2D eigenvalue weighted by atomic mass is 16.5. The van der Waals surface area contributed by atoms with E-state index in [9.17, 15) is 0 Å². The van der Waals surface area contributed by atoms with Crippen molar-refractivity contribution in [3.05, 3.63) is 24.0 Å². The van der Waals surface area contributed by atoms with Crippen molar-refractivity contribution in [2.24, 2.45) is 5.73 Å². The quantitative estimate of drug-likeness (QED) is 0.731. The van der Waals surface area contributed by atoms with Crippen LogP contribution < -0.4 is 10.5 Å². The van der Waals surface area contributed by atoms with Crippen molar-refractivity contribution in [2.75, 3.05) is 6.61 Å². The van der Waals surface area contributed by atoms with Gasteiger partial charge in [0.15, 0.2) is 0 Å². The second kappa shape index (κ2) is 4.07. The molecule has 1 aromatic rings. The largest absolute Gasteiger partial charge is 0.490 e. The highest BCUT2D eigenvalue weighted by Crippen LogP contribution is 2.08. The average Bonchev–Trinajstić information content (AvgIpc) is 2.03. The summed E-state index contributed by atoms with van der Waals surface area (Å²) in [6.45, 7) is 4.38. The molecule has 0 aliphatic heterocycles. The van der Waals surface area contributed by atoms with Gasteiger partial charge in [-0.3, -0.25) is 4.98 Å². The lowest BCUT2D eigenvalue weighted by Gasteiger charge is -2.07. The fourth-order valence-electron chi connectivity index (χ4n) is 0.767. The summed E-state index contributed by atoms with van der Waals surface area (Å²) in [5, 5.41) is 0. The maximum absolute atomic E-state index is 5.52. The zero-order valence-corrected chi connectivity index (χ0v) is 7.45. The van der Waals surface area contributed by atoms with Gasteiger partial charge in [-0.05, 0) is 26.0 Å². The normalized spacial score (nSPS) is 12.6. The van der Waals surface area contributed by atoms with Crippen LogP contribution in [-0.2, 0) is 0 Å². The molecule has 0 saturated heterocycles. The van der Waals surface area contributed by atoms with Crippen LogP contribution in [0.15, 0.2) is 18.3 Å². The minimum absolute atomic E-state index is 0.0614. The van der Waals surface area contributed by atoms with Crippen molar-refractivity contribution in [3.63, 3.8) is 0 Å². The van der Waals surface area contributed by atoms with Gasteiger partial charge < -0.3 is 10.5 Å². The first-order valence-corrected chi connectivity index (χ1v) is 3.99. The Labute approximate surface area is 72.6 Å². The molecule has 0 aliphatic carbocycles. The lowest BCUT2D eigenvalue weighted by atomic mass is 10.3. The van der Waals surface area contributed by atoms with Crippen LogP contribution in [0, 0.1) is 6.92 Å². The summed E-state index contributed by atoms with van der Waals surface area (Å²) in [5.41, 5.74) is 6.51. The SMILES string of the molecule is Cc1ccc(OCC(C)N)cn1. The molecule has 0 saturated carbocycles. The van der Waals surface area contributed by atoms with Crippen LogP contribution in [0.3, 0.4) is 0 Å². The van der Waals surface area contributed by atoms with Crippen molar-refractivity contribution in [2.45, 2.75) is 19.9 Å². The van der Waals surface area contributed by atoms with Gasteiger partial charge in [0.1, 0.15) is 12.4 Å². The van der Waals surface area contributed by atoms with Gasteiger partial charge in [0.05, 0.1) is 6.20 Å². The Balaban J connectivity index is 2.48. The van der Waals surface area contributed by atoms with E-state index in [1.807, 2.05) is 26.0 Å². The predicted molar refractivity (Wildman–Crippen MR) is 48.1 cm³/mol. The van der Waals surface area contributed by atoms with Crippen LogP contribution in [0.25, 0.3) is 0 Å². The molecule has 1 aromatic heterocycles. The molecule has 2 N–H and O–H groups in total. The van der Waals surface area contributed by atoms with Crippen LogP contribution in [0.5, 0.6) is 5.75 Å². The molecule has 1 heterocycles. The first kappa shape index (κ1) is 9.00. The lowest BCUT2D eigenvalue weighted by Crippen LogP contribution is -2.23. The zero-order chi connectivity index (χ0) is 8.97.